The Kier molecular flexibility index (Phi) is 4.42. The maximum absolute atomic E-state index is 14.4. The molecule has 122 valence electrons. The molecule has 4 heteroatoms. The Morgan fingerprint density at radius 3 is 1.58 bits per heavy atom. The fourth-order valence-corrected chi connectivity index (χ4v) is 2.92. The highest BCUT2D eigenvalue weighted by Gasteiger charge is 2.42. The quantitative estimate of drug-likeness (QED) is 0.764. The Bertz CT molecular complexity index is 790. The Labute approximate surface area is 139 Å². The predicted octanol–water partition coefficient (Wildman–Crippen LogP) is 3.90. The molecule has 0 aliphatic rings. The standard InChI is InChI=1S/C20H17F2NO/c21-17-12-6-4-10-15(17)20(24,16-11-5-7-13-18(16)22)19(23)14-8-2-1-3-9-14/h1-13,19,24H,23H2. The van der Waals surface area contributed by atoms with Crippen molar-refractivity contribution in [3.63, 3.8) is 0 Å². The first-order chi connectivity index (χ1) is 11.5. The molecule has 3 aromatic carbocycles. The van der Waals surface area contributed by atoms with Gasteiger partial charge in [-0.15, -0.1) is 0 Å². The molecule has 1 atom stereocenters. The molecular weight excluding hydrogens is 308 g/mol. The van der Waals surface area contributed by atoms with Gasteiger partial charge in [0.2, 0.25) is 0 Å². The minimum absolute atomic E-state index is 0.0635. The Morgan fingerprint density at radius 2 is 1.12 bits per heavy atom. The van der Waals surface area contributed by atoms with Gasteiger partial charge in [0.15, 0.2) is 0 Å². The van der Waals surface area contributed by atoms with Crippen molar-refractivity contribution in [2.24, 2.45) is 5.73 Å². The van der Waals surface area contributed by atoms with E-state index in [1.165, 1.54) is 36.4 Å². The van der Waals surface area contributed by atoms with Gasteiger partial charge < -0.3 is 10.8 Å². The monoisotopic (exact) mass is 325 g/mol. The van der Waals surface area contributed by atoms with Gasteiger partial charge in [-0.1, -0.05) is 66.7 Å². The van der Waals surface area contributed by atoms with Gasteiger partial charge >= 0.3 is 0 Å². The van der Waals surface area contributed by atoms with Crippen molar-refractivity contribution in [1.29, 1.82) is 0 Å². The normalized spacial score (nSPS) is 12.8. The third kappa shape index (κ3) is 2.70. The maximum Gasteiger partial charge on any atom is 0.139 e. The van der Waals surface area contributed by atoms with Crippen molar-refractivity contribution in [2.45, 2.75) is 11.6 Å². The maximum atomic E-state index is 14.4. The minimum atomic E-state index is -2.04. The van der Waals surface area contributed by atoms with Crippen molar-refractivity contribution < 1.29 is 13.9 Å². The lowest BCUT2D eigenvalue weighted by molar-refractivity contribution is 0.0440. The lowest BCUT2D eigenvalue weighted by Gasteiger charge is -2.35. The van der Waals surface area contributed by atoms with E-state index in [1.807, 2.05) is 6.07 Å². The van der Waals surface area contributed by atoms with E-state index in [-0.39, 0.29) is 11.1 Å². The van der Waals surface area contributed by atoms with Crippen molar-refractivity contribution in [3.8, 4) is 0 Å². The van der Waals surface area contributed by atoms with Crippen LogP contribution in [-0.4, -0.2) is 5.11 Å². The Hall–Kier alpha value is -2.56. The van der Waals surface area contributed by atoms with E-state index in [1.54, 1.807) is 36.4 Å². The second kappa shape index (κ2) is 6.51. The van der Waals surface area contributed by atoms with Gasteiger partial charge in [-0.25, -0.2) is 8.78 Å². The van der Waals surface area contributed by atoms with Crippen LogP contribution >= 0.6 is 0 Å². The predicted molar refractivity (Wildman–Crippen MR) is 89.2 cm³/mol. The number of hydrogen-bond donors (Lipinski definition) is 2. The average molecular weight is 325 g/mol. The molecule has 0 fully saturated rings. The van der Waals surface area contributed by atoms with E-state index in [4.69, 9.17) is 5.73 Å². The highest BCUT2D eigenvalue weighted by Crippen LogP contribution is 2.41. The molecule has 0 spiro atoms. The largest absolute Gasteiger partial charge is 0.378 e. The summed E-state index contributed by atoms with van der Waals surface area (Å²) in [5.41, 5.74) is 4.70. The molecule has 0 heterocycles. The molecule has 3 N–H and O–H groups in total. The first-order valence-corrected chi connectivity index (χ1v) is 7.58. The second-order valence-electron chi connectivity index (χ2n) is 5.61. The number of nitrogens with two attached hydrogens (primary N) is 1. The molecule has 24 heavy (non-hydrogen) atoms. The van der Waals surface area contributed by atoms with Gasteiger partial charge in [-0.05, 0) is 17.7 Å². The summed E-state index contributed by atoms with van der Waals surface area (Å²) < 4.78 is 28.9. The summed E-state index contributed by atoms with van der Waals surface area (Å²) in [5, 5.41) is 11.4. The van der Waals surface area contributed by atoms with Gasteiger partial charge in [0.25, 0.3) is 0 Å². The molecule has 0 saturated carbocycles. The SMILES string of the molecule is NC(c1ccccc1)C(O)(c1ccccc1F)c1ccccc1F. The summed E-state index contributed by atoms with van der Waals surface area (Å²) in [5.74, 6) is -1.29. The summed E-state index contributed by atoms with van der Waals surface area (Å²) in [4.78, 5) is 0. The molecule has 3 rings (SSSR count). The van der Waals surface area contributed by atoms with E-state index in [0.29, 0.717) is 5.56 Å². The zero-order valence-corrected chi connectivity index (χ0v) is 12.9. The fourth-order valence-electron chi connectivity index (χ4n) is 2.92. The zero-order chi connectivity index (χ0) is 17.2. The van der Waals surface area contributed by atoms with Crippen LogP contribution < -0.4 is 5.73 Å². The van der Waals surface area contributed by atoms with Crippen LogP contribution in [0.1, 0.15) is 22.7 Å². The van der Waals surface area contributed by atoms with E-state index >= 15 is 0 Å². The summed E-state index contributed by atoms with van der Waals surface area (Å²) in [7, 11) is 0. The van der Waals surface area contributed by atoms with Crippen LogP contribution in [0.3, 0.4) is 0 Å². The molecule has 3 aromatic rings. The minimum Gasteiger partial charge on any atom is -0.378 e. The Balaban J connectivity index is 2.26. The molecule has 1 unspecified atom stereocenters. The molecular formula is C20H17F2NO. The summed E-state index contributed by atoms with van der Waals surface area (Å²) in [6.07, 6.45) is 0. The van der Waals surface area contributed by atoms with E-state index in [9.17, 15) is 13.9 Å². The molecule has 0 bridgehead atoms. The van der Waals surface area contributed by atoms with Crippen molar-refractivity contribution in [1.82, 2.24) is 0 Å². The lowest BCUT2D eigenvalue weighted by atomic mass is 9.77. The molecule has 0 aromatic heterocycles. The van der Waals surface area contributed by atoms with Crippen LogP contribution in [0.5, 0.6) is 0 Å². The molecule has 0 amide bonds. The number of hydrogen-bond acceptors (Lipinski definition) is 2. The number of benzene rings is 3. The molecule has 0 saturated heterocycles. The van der Waals surface area contributed by atoms with Gasteiger partial charge in [0, 0.05) is 11.1 Å². The third-order valence-electron chi connectivity index (χ3n) is 4.18. The van der Waals surface area contributed by atoms with Crippen LogP contribution in [0, 0.1) is 11.6 Å². The highest BCUT2D eigenvalue weighted by molar-refractivity contribution is 5.42. The fraction of sp³-hybridized carbons (Fsp3) is 0.100. The van der Waals surface area contributed by atoms with Crippen LogP contribution in [-0.2, 0) is 5.60 Å². The first-order valence-electron chi connectivity index (χ1n) is 7.58. The van der Waals surface area contributed by atoms with Gasteiger partial charge in [0.05, 0.1) is 6.04 Å². The summed E-state index contributed by atoms with van der Waals surface area (Å²) in [6.45, 7) is 0. The van der Waals surface area contributed by atoms with Gasteiger partial charge in [0.1, 0.15) is 17.2 Å². The van der Waals surface area contributed by atoms with Crippen molar-refractivity contribution in [3.05, 3.63) is 107 Å². The van der Waals surface area contributed by atoms with E-state index < -0.39 is 23.3 Å². The molecule has 2 nitrogen and oxygen atoms in total. The topological polar surface area (TPSA) is 46.2 Å². The van der Waals surface area contributed by atoms with Crippen molar-refractivity contribution in [2.75, 3.05) is 0 Å². The molecule has 0 radical (unpaired) electrons. The second-order valence-corrected chi connectivity index (χ2v) is 5.61. The molecule has 0 aliphatic carbocycles. The van der Waals surface area contributed by atoms with Crippen molar-refractivity contribution >= 4 is 0 Å². The van der Waals surface area contributed by atoms with Crippen LogP contribution in [0.2, 0.25) is 0 Å². The van der Waals surface area contributed by atoms with E-state index in [0.717, 1.165) is 0 Å². The van der Waals surface area contributed by atoms with Gasteiger partial charge in [-0.2, -0.15) is 0 Å². The summed E-state index contributed by atoms with van der Waals surface area (Å²) in [6, 6.07) is 19.2. The van der Waals surface area contributed by atoms with Crippen LogP contribution in [0.15, 0.2) is 78.9 Å². The number of aliphatic hydroxyl groups is 1. The lowest BCUT2D eigenvalue weighted by Crippen LogP contribution is -2.41. The number of rotatable bonds is 4. The average Bonchev–Trinajstić information content (AvgIpc) is 2.62. The summed E-state index contributed by atoms with van der Waals surface area (Å²) >= 11 is 0. The highest BCUT2D eigenvalue weighted by atomic mass is 19.1. The smallest absolute Gasteiger partial charge is 0.139 e. The van der Waals surface area contributed by atoms with E-state index in [2.05, 4.69) is 0 Å². The van der Waals surface area contributed by atoms with Gasteiger partial charge in [-0.3, -0.25) is 0 Å². The van der Waals surface area contributed by atoms with Crippen LogP contribution in [0.25, 0.3) is 0 Å². The first kappa shape index (κ1) is 16.3. The zero-order valence-electron chi connectivity index (χ0n) is 12.9. The third-order valence-corrected chi connectivity index (χ3v) is 4.18. The number of halogens is 2. The molecule has 0 aliphatic heterocycles. The Morgan fingerprint density at radius 1 is 0.708 bits per heavy atom. The van der Waals surface area contributed by atoms with Crippen LogP contribution in [0.4, 0.5) is 8.78 Å².